The van der Waals surface area contributed by atoms with Gasteiger partial charge in [0.1, 0.15) is 16.4 Å². The molecule has 6 nitrogen and oxygen atoms in total. The molecular weight excluding hydrogens is 330 g/mol. The number of hydrogen-bond donors (Lipinski definition) is 0. The first-order chi connectivity index (χ1) is 11.5. The van der Waals surface area contributed by atoms with Crippen molar-refractivity contribution in [1.82, 2.24) is 4.31 Å². The van der Waals surface area contributed by atoms with Gasteiger partial charge >= 0.3 is 0 Å². The largest absolute Gasteiger partial charge is 0.497 e. The van der Waals surface area contributed by atoms with Crippen LogP contribution in [0.4, 0.5) is 0 Å². The summed E-state index contributed by atoms with van der Waals surface area (Å²) in [5, 5.41) is 0. The van der Waals surface area contributed by atoms with Crippen LogP contribution in [0.3, 0.4) is 0 Å². The van der Waals surface area contributed by atoms with Crippen LogP contribution in [0.1, 0.15) is 31.7 Å². The van der Waals surface area contributed by atoms with Crippen molar-refractivity contribution in [3.05, 3.63) is 17.7 Å². The average Bonchev–Trinajstić information content (AvgIpc) is 2.61. The van der Waals surface area contributed by atoms with E-state index in [1.165, 1.54) is 11.4 Å². The van der Waals surface area contributed by atoms with Crippen molar-refractivity contribution in [2.24, 2.45) is 0 Å². The first-order valence-corrected chi connectivity index (χ1v) is 9.81. The third kappa shape index (κ3) is 4.20. The predicted octanol–water partition coefficient (Wildman–Crippen LogP) is 2.46. The Morgan fingerprint density at radius 3 is 2.42 bits per heavy atom. The van der Waals surface area contributed by atoms with E-state index in [-0.39, 0.29) is 4.90 Å². The molecule has 1 aromatic carbocycles. The van der Waals surface area contributed by atoms with Gasteiger partial charge in [-0.05, 0) is 24.5 Å². The molecule has 0 unspecified atom stereocenters. The Morgan fingerprint density at radius 2 is 1.83 bits per heavy atom. The Hall–Kier alpha value is -1.31. The summed E-state index contributed by atoms with van der Waals surface area (Å²) in [7, 11) is -0.566. The Labute approximate surface area is 144 Å². The van der Waals surface area contributed by atoms with Crippen LogP contribution < -0.4 is 9.47 Å². The molecule has 1 fully saturated rings. The quantitative estimate of drug-likeness (QED) is 0.669. The fraction of sp³-hybridized carbons (Fsp3) is 0.647. The molecule has 1 saturated heterocycles. The standard InChI is InChI=1S/C17H27NO5S/c1-4-5-6-7-14-12-15(21-2)13-16(22-3)17(14)24(19,20)18-8-10-23-11-9-18/h12-13H,4-11H2,1-3H3. The lowest BCUT2D eigenvalue weighted by atomic mass is 10.1. The number of nitrogens with zero attached hydrogens (tertiary/aromatic N) is 1. The highest BCUT2D eigenvalue weighted by atomic mass is 32.2. The highest BCUT2D eigenvalue weighted by molar-refractivity contribution is 7.89. The van der Waals surface area contributed by atoms with Crippen LogP contribution in [0.25, 0.3) is 0 Å². The molecule has 0 N–H and O–H groups in total. The summed E-state index contributed by atoms with van der Waals surface area (Å²) in [4.78, 5) is 0.267. The van der Waals surface area contributed by atoms with Crippen LogP contribution >= 0.6 is 0 Å². The minimum atomic E-state index is -3.62. The minimum Gasteiger partial charge on any atom is -0.497 e. The van der Waals surface area contributed by atoms with Gasteiger partial charge in [0.15, 0.2) is 0 Å². The van der Waals surface area contributed by atoms with Crippen LogP contribution in [0.5, 0.6) is 11.5 Å². The highest BCUT2D eigenvalue weighted by Crippen LogP contribution is 2.35. The fourth-order valence-corrected chi connectivity index (χ4v) is 4.64. The molecule has 136 valence electrons. The lowest BCUT2D eigenvalue weighted by Crippen LogP contribution is -2.41. The Bertz CT molecular complexity index is 639. The maximum atomic E-state index is 13.2. The number of methoxy groups -OCH3 is 2. The van der Waals surface area contributed by atoms with Gasteiger partial charge in [-0.3, -0.25) is 0 Å². The topological polar surface area (TPSA) is 65.1 Å². The van der Waals surface area contributed by atoms with Gasteiger partial charge in [-0.15, -0.1) is 0 Å². The molecule has 0 amide bonds. The molecule has 7 heteroatoms. The summed E-state index contributed by atoms with van der Waals surface area (Å²) >= 11 is 0. The number of unbranched alkanes of at least 4 members (excludes halogenated alkanes) is 2. The molecule has 0 radical (unpaired) electrons. The minimum absolute atomic E-state index is 0.267. The van der Waals surface area contributed by atoms with Gasteiger partial charge in [0, 0.05) is 19.2 Å². The molecular formula is C17H27NO5S. The smallest absolute Gasteiger partial charge is 0.247 e. The highest BCUT2D eigenvalue weighted by Gasteiger charge is 2.32. The Morgan fingerprint density at radius 1 is 1.12 bits per heavy atom. The number of morpholine rings is 1. The molecule has 1 aromatic rings. The molecule has 1 aliphatic rings. The fourth-order valence-electron chi connectivity index (χ4n) is 2.86. The van der Waals surface area contributed by atoms with E-state index in [2.05, 4.69) is 6.92 Å². The Kier molecular flexibility index (Phi) is 6.89. The van der Waals surface area contributed by atoms with E-state index in [4.69, 9.17) is 14.2 Å². The molecule has 1 heterocycles. The first kappa shape index (κ1) is 19.0. The predicted molar refractivity (Wildman–Crippen MR) is 92.4 cm³/mol. The van der Waals surface area contributed by atoms with Gasteiger partial charge in [0.05, 0.1) is 27.4 Å². The zero-order valence-electron chi connectivity index (χ0n) is 14.7. The van der Waals surface area contributed by atoms with E-state index in [0.29, 0.717) is 44.2 Å². The van der Waals surface area contributed by atoms with E-state index >= 15 is 0 Å². The van der Waals surface area contributed by atoms with Gasteiger partial charge in [-0.2, -0.15) is 4.31 Å². The number of hydrogen-bond acceptors (Lipinski definition) is 5. The summed E-state index contributed by atoms with van der Waals surface area (Å²) in [6.07, 6.45) is 3.74. The van der Waals surface area contributed by atoms with Crippen LogP contribution in [0.15, 0.2) is 17.0 Å². The van der Waals surface area contributed by atoms with Crippen LogP contribution in [-0.4, -0.2) is 53.2 Å². The molecule has 0 atom stereocenters. The molecule has 0 bridgehead atoms. The summed E-state index contributed by atoms with van der Waals surface area (Å²) in [5.74, 6) is 0.951. The average molecular weight is 357 g/mol. The van der Waals surface area contributed by atoms with Crippen molar-refractivity contribution in [3.8, 4) is 11.5 Å². The van der Waals surface area contributed by atoms with E-state index in [1.807, 2.05) is 6.07 Å². The van der Waals surface area contributed by atoms with Gasteiger partial charge in [0.25, 0.3) is 0 Å². The summed E-state index contributed by atoms with van der Waals surface area (Å²) in [6, 6.07) is 3.45. The lowest BCUT2D eigenvalue weighted by molar-refractivity contribution is 0.0729. The number of sulfonamides is 1. The third-order valence-electron chi connectivity index (χ3n) is 4.18. The third-order valence-corrected chi connectivity index (χ3v) is 6.20. The SMILES string of the molecule is CCCCCc1cc(OC)cc(OC)c1S(=O)(=O)N1CCOCC1. The molecule has 0 aromatic heterocycles. The van der Waals surface area contributed by atoms with Crippen molar-refractivity contribution < 1.29 is 22.6 Å². The molecule has 0 saturated carbocycles. The second kappa shape index (κ2) is 8.69. The van der Waals surface area contributed by atoms with E-state index in [9.17, 15) is 8.42 Å². The molecule has 0 spiro atoms. The van der Waals surface area contributed by atoms with Gasteiger partial charge < -0.3 is 14.2 Å². The maximum absolute atomic E-state index is 13.2. The van der Waals surface area contributed by atoms with Crippen molar-refractivity contribution in [2.75, 3.05) is 40.5 Å². The monoisotopic (exact) mass is 357 g/mol. The maximum Gasteiger partial charge on any atom is 0.247 e. The van der Waals surface area contributed by atoms with Crippen molar-refractivity contribution in [2.45, 2.75) is 37.5 Å². The van der Waals surface area contributed by atoms with Crippen LogP contribution in [-0.2, 0) is 21.2 Å². The second-order valence-corrected chi connectivity index (χ2v) is 7.67. The first-order valence-electron chi connectivity index (χ1n) is 8.37. The molecule has 1 aliphatic heterocycles. The normalized spacial score (nSPS) is 16.1. The zero-order valence-corrected chi connectivity index (χ0v) is 15.5. The molecule has 0 aliphatic carbocycles. The van der Waals surface area contributed by atoms with E-state index in [0.717, 1.165) is 24.8 Å². The zero-order chi connectivity index (χ0) is 17.6. The number of rotatable bonds is 8. The Balaban J connectivity index is 2.47. The van der Waals surface area contributed by atoms with Crippen LogP contribution in [0.2, 0.25) is 0 Å². The number of aryl methyl sites for hydroxylation is 1. The lowest BCUT2D eigenvalue weighted by Gasteiger charge is -2.28. The molecule has 24 heavy (non-hydrogen) atoms. The van der Waals surface area contributed by atoms with Crippen molar-refractivity contribution >= 4 is 10.0 Å². The van der Waals surface area contributed by atoms with Gasteiger partial charge in [-0.25, -0.2) is 8.42 Å². The summed E-state index contributed by atoms with van der Waals surface area (Å²) in [6.45, 7) is 3.70. The number of benzene rings is 1. The van der Waals surface area contributed by atoms with Gasteiger partial charge in [0.2, 0.25) is 10.0 Å². The van der Waals surface area contributed by atoms with Gasteiger partial charge in [-0.1, -0.05) is 19.8 Å². The van der Waals surface area contributed by atoms with E-state index < -0.39 is 10.0 Å². The van der Waals surface area contributed by atoms with Crippen molar-refractivity contribution in [1.29, 1.82) is 0 Å². The summed E-state index contributed by atoms with van der Waals surface area (Å²) < 4.78 is 43.8. The molecule has 2 rings (SSSR count). The van der Waals surface area contributed by atoms with Crippen molar-refractivity contribution in [3.63, 3.8) is 0 Å². The van der Waals surface area contributed by atoms with E-state index in [1.54, 1.807) is 13.2 Å². The second-order valence-electron chi connectivity index (χ2n) is 5.79. The summed E-state index contributed by atoms with van der Waals surface area (Å²) in [5.41, 5.74) is 0.756. The number of ether oxygens (including phenoxy) is 3. The van der Waals surface area contributed by atoms with Crippen LogP contribution in [0, 0.1) is 0 Å².